The standard InChI is InChI=1S/C22H31N5O/c1-2-8-19(7-1)28-20-9-3-5-17(13-20)15-26-11-12-27-21(16-26)24-25-22(27)18-6-4-10-23-14-18/h3,5,9,13,18-19,23H,1-2,4,6-8,10-12,14-16H2/t18-/m1/s1. The zero-order valence-electron chi connectivity index (χ0n) is 16.6. The summed E-state index contributed by atoms with van der Waals surface area (Å²) < 4.78 is 8.55. The molecule has 2 aromatic rings. The maximum atomic E-state index is 6.18. The first-order chi connectivity index (χ1) is 13.8. The van der Waals surface area contributed by atoms with E-state index in [0.29, 0.717) is 12.0 Å². The van der Waals surface area contributed by atoms with Gasteiger partial charge in [0, 0.05) is 32.1 Å². The van der Waals surface area contributed by atoms with Crippen LogP contribution in [0.1, 0.15) is 61.7 Å². The molecular weight excluding hydrogens is 350 g/mol. The number of nitrogens with one attached hydrogen (secondary N) is 1. The molecule has 6 heteroatoms. The fourth-order valence-corrected chi connectivity index (χ4v) is 4.91. The molecule has 3 heterocycles. The van der Waals surface area contributed by atoms with Crippen LogP contribution in [0, 0.1) is 0 Å². The molecule has 1 aromatic carbocycles. The van der Waals surface area contributed by atoms with E-state index in [9.17, 15) is 0 Å². The van der Waals surface area contributed by atoms with Gasteiger partial charge in [0.25, 0.3) is 0 Å². The Kier molecular flexibility index (Phi) is 5.32. The van der Waals surface area contributed by atoms with Crippen LogP contribution in [0.15, 0.2) is 24.3 Å². The smallest absolute Gasteiger partial charge is 0.147 e. The largest absolute Gasteiger partial charge is 0.490 e. The van der Waals surface area contributed by atoms with Crippen molar-refractivity contribution in [2.24, 2.45) is 0 Å². The van der Waals surface area contributed by atoms with Crippen LogP contribution in [-0.4, -0.2) is 45.4 Å². The second-order valence-corrected chi connectivity index (χ2v) is 8.55. The van der Waals surface area contributed by atoms with Gasteiger partial charge >= 0.3 is 0 Å². The number of fused-ring (bicyclic) bond motifs is 1. The molecule has 0 unspecified atom stereocenters. The van der Waals surface area contributed by atoms with E-state index in [4.69, 9.17) is 4.74 Å². The molecule has 1 saturated carbocycles. The van der Waals surface area contributed by atoms with Crippen molar-refractivity contribution in [2.75, 3.05) is 19.6 Å². The zero-order valence-corrected chi connectivity index (χ0v) is 16.6. The molecule has 2 fully saturated rings. The number of ether oxygens (including phenoxy) is 1. The first kappa shape index (κ1) is 18.1. The maximum Gasteiger partial charge on any atom is 0.147 e. The summed E-state index contributed by atoms with van der Waals surface area (Å²) in [6.45, 7) is 6.03. The van der Waals surface area contributed by atoms with Crippen molar-refractivity contribution in [3.05, 3.63) is 41.5 Å². The highest BCUT2D eigenvalue weighted by atomic mass is 16.5. The van der Waals surface area contributed by atoms with Crippen LogP contribution < -0.4 is 10.1 Å². The van der Waals surface area contributed by atoms with Crippen LogP contribution in [0.2, 0.25) is 0 Å². The van der Waals surface area contributed by atoms with Crippen molar-refractivity contribution in [2.45, 2.75) is 70.2 Å². The Bertz CT molecular complexity index is 792. The molecular formula is C22H31N5O. The summed E-state index contributed by atoms with van der Waals surface area (Å²) in [4.78, 5) is 2.47. The molecule has 0 radical (unpaired) electrons. The molecule has 5 rings (SSSR count). The highest BCUT2D eigenvalue weighted by molar-refractivity contribution is 5.29. The molecule has 1 aromatic heterocycles. The zero-order chi connectivity index (χ0) is 18.8. The van der Waals surface area contributed by atoms with E-state index >= 15 is 0 Å². The van der Waals surface area contributed by atoms with Crippen molar-refractivity contribution in [1.82, 2.24) is 25.0 Å². The van der Waals surface area contributed by atoms with E-state index in [1.807, 2.05) is 0 Å². The Hall–Kier alpha value is -1.92. The fourth-order valence-electron chi connectivity index (χ4n) is 4.91. The van der Waals surface area contributed by atoms with Gasteiger partial charge in [-0.2, -0.15) is 0 Å². The lowest BCUT2D eigenvalue weighted by molar-refractivity contribution is 0.201. The predicted octanol–water partition coefficient (Wildman–Crippen LogP) is 3.08. The summed E-state index contributed by atoms with van der Waals surface area (Å²) >= 11 is 0. The lowest BCUT2D eigenvalue weighted by atomic mass is 9.99. The van der Waals surface area contributed by atoms with Crippen LogP contribution in [0.3, 0.4) is 0 Å². The summed E-state index contributed by atoms with van der Waals surface area (Å²) in [6, 6.07) is 8.65. The molecule has 0 amide bonds. The quantitative estimate of drug-likeness (QED) is 0.863. The summed E-state index contributed by atoms with van der Waals surface area (Å²) in [6.07, 6.45) is 7.88. The predicted molar refractivity (Wildman–Crippen MR) is 108 cm³/mol. The minimum Gasteiger partial charge on any atom is -0.490 e. The van der Waals surface area contributed by atoms with Crippen LogP contribution in [0.4, 0.5) is 0 Å². The Labute approximate surface area is 167 Å². The molecule has 3 aliphatic rings. The number of rotatable bonds is 5. The van der Waals surface area contributed by atoms with Gasteiger partial charge in [-0.05, 0) is 62.8 Å². The molecule has 1 aliphatic carbocycles. The van der Waals surface area contributed by atoms with Gasteiger partial charge in [0.2, 0.25) is 0 Å². The molecule has 1 N–H and O–H groups in total. The molecule has 2 aliphatic heterocycles. The maximum absolute atomic E-state index is 6.18. The average molecular weight is 382 g/mol. The van der Waals surface area contributed by atoms with Crippen molar-refractivity contribution < 1.29 is 4.74 Å². The molecule has 150 valence electrons. The Morgan fingerprint density at radius 3 is 2.86 bits per heavy atom. The fraction of sp³-hybridized carbons (Fsp3) is 0.636. The van der Waals surface area contributed by atoms with E-state index < -0.39 is 0 Å². The third-order valence-corrected chi connectivity index (χ3v) is 6.43. The highest BCUT2D eigenvalue weighted by Gasteiger charge is 2.26. The summed E-state index contributed by atoms with van der Waals surface area (Å²) in [5, 5.41) is 12.6. The van der Waals surface area contributed by atoms with Gasteiger partial charge in [0.05, 0.1) is 12.6 Å². The van der Waals surface area contributed by atoms with E-state index in [1.54, 1.807) is 0 Å². The van der Waals surface area contributed by atoms with Gasteiger partial charge in [0.15, 0.2) is 0 Å². The molecule has 0 bridgehead atoms. The van der Waals surface area contributed by atoms with Gasteiger partial charge in [-0.25, -0.2) is 0 Å². The number of benzene rings is 1. The third kappa shape index (κ3) is 3.94. The third-order valence-electron chi connectivity index (χ3n) is 6.43. The minimum absolute atomic E-state index is 0.413. The normalized spacial score (nSPS) is 23.6. The summed E-state index contributed by atoms with van der Waals surface area (Å²) in [5.41, 5.74) is 1.32. The van der Waals surface area contributed by atoms with Crippen LogP contribution in [0.25, 0.3) is 0 Å². The second-order valence-electron chi connectivity index (χ2n) is 8.55. The number of piperidine rings is 1. The van der Waals surface area contributed by atoms with Crippen molar-refractivity contribution >= 4 is 0 Å². The van der Waals surface area contributed by atoms with Gasteiger partial charge in [-0.1, -0.05) is 12.1 Å². The van der Waals surface area contributed by atoms with E-state index in [-0.39, 0.29) is 0 Å². The van der Waals surface area contributed by atoms with Crippen molar-refractivity contribution in [1.29, 1.82) is 0 Å². The second kappa shape index (κ2) is 8.21. The van der Waals surface area contributed by atoms with Crippen LogP contribution in [-0.2, 0) is 19.6 Å². The lowest BCUT2D eigenvalue weighted by Crippen LogP contribution is -2.35. The molecule has 6 nitrogen and oxygen atoms in total. The Morgan fingerprint density at radius 2 is 2.00 bits per heavy atom. The molecule has 0 spiro atoms. The van der Waals surface area contributed by atoms with Crippen LogP contribution >= 0.6 is 0 Å². The van der Waals surface area contributed by atoms with Gasteiger partial charge < -0.3 is 14.6 Å². The van der Waals surface area contributed by atoms with Gasteiger partial charge in [-0.3, -0.25) is 4.90 Å². The Balaban J connectivity index is 1.23. The topological polar surface area (TPSA) is 55.2 Å². The SMILES string of the molecule is c1cc(CN2CCn3c(nnc3[C@@H]3CCCNC3)C2)cc(OC2CCCC2)c1. The first-order valence-corrected chi connectivity index (χ1v) is 11.0. The summed E-state index contributed by atoms with van der Waals surface area (Å²) in [7, 11) is 0. The number of nitrogens with zero attached hydrogens (tertiary/aromatic N) is 4. The molecule has 28 heavy (non-hydrogen) atoms. The van der Waals surface area contributed by atoms with E-state index in [2.05, 4.69) is 49.2 Å². The lowest BCUT2D eigenvalue weighted by Gasteiger charge is -2.29. The number of hydrogen-bond acceptors (Lipinski definition) is 5. The monoisotopic (exact) mass is 381 g/mol. The van der Waals surface area contributed by atoms with Crippen molar-refractivity contribution in [3.63, 3.8) is 0 Å². The van der Waals surface area contributed by atoms with Crippen LogP contribution in [0.5, 0.6) is 5.75 Å². The average Bonchev–Trinajstić information content (AvgIpc) is 3.38. The van der Waals surface area contributed by atoms with Crippen molar-refractivity contribution in [3.8, 4) is 5.75 Å². The minimum atomic E-state index is 0.413. The highest BCUT2D eigenvalue weighted by Crippen LogP contribution is 2.27. The summed E-state index contributed by atoms with van der Waals surface area (Å²) in [5.74, 6) is 3.85. The number of aromatic nitrogens is 3. The van der Waals surface area contributed by atoms with Gasteiger partial charge in [0.1, 0.15) is 17.4 Å². The number of hydrogen-bond donors (Lipinski definition) is 1. The molecule has 1 saturated heterocycles. The van der Waals surface area contributed by atoms with E-state index in [1.165, 1.54) is 49.9 Å². The van der Waals surface area contributed by atoms with Gasteiger partial charge in [-0.15, -0.1) is 10.2 Å². The molecule has 1 atom stereocenters. The first-order valence-electron chi connectivity index (χ1n) is 11.0. The van der Waals surface area contributed by atoms with E-state index in [0.717, 1.165) is 50.8 Å². The Morgan fingerprint density at radius 1 is 1.07 bits per heavy atom.